The van der Waals surface area contributed by atoms with E-state index in [-0.39, 0.29) is 11.8 Å². The molecule has 0 radical (unpaired) electrons. The van der Waals surface area contributed by atoms with Gasteiger partial charge in [0.1, 0.15) is 0 Å². The second kappa shape index (κ2) is 6.84. The molecule has 1 aromatic carbocycles. The summed E-state index contributed by atoms with van der Waals surface area (Å²) in [5.41, 5.74) is 2.22. The van der Waals surface area contributed by atoms with Crippen molar-refractivity contribution in [2.24, 2.45) is 5.92 Å². The van der Waals surface area contributed by atoms with Crippen LogP contribution < -0.4 is 5.32 Å². The third kappa shape index (κ3) is 3.37. The predicted molar refractivity (Wildman–Crippen MR) is 94.3 cm³/mol. The SMILES string of the molecule is O=C(NCCc1c[nH]c2ccc(Cl)cc12)C1CCc2nnnn2CC1. The summed E-state index contributed by atoms with van der Waals surface area (Å²) in [6.07, 6.45) is 5.05. The molecule has 0 bridgehead atoms. The molecule has 1 unspecified atom stereocenters. The van der Waals surface area contributed by atoms with Crippen LogP contribution in [0.15, 0.2) is 24.4 Å². The molecular weight excluding hydrogens is 340 g/mol. The Morgan fingerprint density at radius 1 is 1.40 bits per heavy atom. The van der Waals surface area contributed by atoms with E-state index in [1.165, 1.54) is 0 Å². The minimum atomic E-state index is 0.000846. The molecule has 2 N–H and O–H groups in total. The molecule has 1 atom stereocenters. The third-order valence-electron chi connectivity index (χ3n) is 4.81. The number of hydrogen-bond donors (Lipinski definition) is 2. The van der Waals surface area contributed by atoms with Gasteiger partial charge in [-0.25, -0.2) is 4.68 Å². The first-order valence-electron chi connectivity index (χ1n) is 8.49. The van der Waals surface area contributed by atoms with E-state index >= 15 is 0 Å². The highest BCUT2D eigenvalue weighted by Crippen LogP contribution is 2.23. The minimum Gasteiger partial charge on any atom is -0.361 e. The molecule has 3 aromatic rings. The van der Waals surface area contributed by atoms with Gasteiger partial charge in [0.15, 0.2) is 5.82 Å². The molecule has 0 saturated carbocycles. The van der Waals surface area contributed by atoms with Crippen LogP contribution in [-0.4, -0.2) is 37.6 Å². The number of nitrogens with zero attached hydrogens (tertiary/aromatic N) is 4. The van der Waals surface area contributed by atoms with Crippen LogP contribution in [0.3, 0.4) is 0 Å². The number of hydrogen-bond acceptors (Lipinski definition) is 4. The van der Waals surface area contributed by atoms with Crippen LogP contribution in [0, 0.1) is 5.92 Å². The lowest BCUT2D eigenvalue weighted by Crippen LogP contribution is -2.32. The van der Waals surface area contributed by atoms with E-state index in [9.17, 15) is 4.79 Å². The van der Waals surface area contributed by atoms with Crippen LogP contribution >= 0.6 is 11.6 Å². The topological polar surface area (TPSA) is 88.5 Å². The van der Waals surface area contributed by atoms with Gasteiger partial charge in [0.05, 0.1) is 0 Å². The van der Waals surface area contributed by atoms with Gasteiger partial charge in [-0.1, -0.05) is 11.6 Å². The number of rotatable bonds is 4. The van der Waals surface area contributed by atoms with Gasteiger partial charge in [0.2, 0.25) is 5.91 Å². The Morgan fingerprint density at radius 3 is 3.24 bits per heavy atom. The first-order valence-corrected chi connectivity index (χ1v) is 8.87. The van der Waals surface area contributed by atoms with Crippen LogP contribution in [0.5, 0.6) is 0 Å². The molecular formula is C17H19ClN6O. The van der Waals surface area contributed by atoms with Crippen molar-refractivity contribution in [1.82, 2.24) is 30.5 Å². The maximum atomic E-state index is 12.5. The Balaban J connectivity index is 1.33. The largest absolute Gasteiger partial charge is 0.361 e. The third-order valence-corrected chi connectivity index (χ3v) is 5.04. The Labute approximate surface area is 149 Å². The molecule has 4 rings (SSSR count). The lowest BCUT2D eigenvalue weighted by molar-refractivity contribution is -0.125. The molecule has 25 heavy (non-hydrogen) atoms. The van der Waals surface area contributed by atoms with Gasteiger partial charge in [-0.2, -0.15) is 0 Å². The Kier molecular flexibility index (Phi) is 4.40. The lowest BCUT2D eigenvalue weighted by atomic mass is 9.99. The summed E-state index contributed by atoms with van der Waals surface area (Å²) in [7, 11) is 0. The lowest BCUT2D eigenvalue weighted by Gasteiger charge is -2.13. The zero-order chi connectivity index (χ0) is 17.2. The number of H-pyrrole nitrogens is 1. The fraction of sp³-hybridized carbons (Fsp3) is 0.412. The fourth-order valence-electron chi connectivity index (χ4n) is 3.39. The number of benzene rings is 1. The summed E-state index contributed by atoms with van der Waals surface area (Å²) < 4.78 is 1.79. The normalized spacial score (nSPS) is 17.2. The molecule has 130 valence electrons. The number of halogens is 1. The quantitative estimate of drug-likeness (QED) is 0.747. The molecule has 1 aliphatic heterocycles. The van der Waals surface area contributed by atoms with Crippen LogP contribution in [0.2, 0.25) is 5.02 Å². The fourth-order valence-corrected chi connectivity index (χ4v) is 3.56. The Bertz CT molecular complexity index is 879. The summed E-state index contributed by atoms with van der Waals surface area (Å²) in [6.45, 7) is 1.31. The van der Waals surface area contributed by atoms with E-state index in [1.807, 2.05) is 24.4 Å². The van der Waals surface area contributed by atoms with E-state index in [2.05, 4.69) is 25.8 Å². The van der Waals surface area contributed by atoms with Crippen molar-refractivity contribution >= 4 is 28.4 Å². The summed E-state index contributed by atoms with van der Waals surface area (Å²) in [6, 6.07) is 5.79. The summed E-state index contributed by atoms with van der Waals surface area (Å²) in [5, 5.41) is 16.5. The minimum absolute atomic E-state index is 0.000846. The van der Waals surface area contributed by atoms with Crippen molar-refractivity contribution in [3.63, 3.8) is 0 Å². The highest BCUT2D eigenvalue weighted by atomic mass is 35.5. The molecule has 0 aliphatic carbocycles. The smallest absolute Gasteiger partial charge is 0.223 e. The van der Waals surface area contributed by atoms with Gasteiger partial charge >= 0.3 is 0 Å². The van der Waals surface area contributed by atoms with Crippen LogP contribution in [0.1, 0.15) is 24.2 Å². The molecule has 0 fully saturated rings. The monoisotopic (exact) mass is 358 g/mol. The van der Waals surface area contributed by atoms with Crippen molar-refractivity contribution in [1.29, 1.82) is 0 Å². The molecule has 1 amide bonds. The second-order valence-electron chi connectivity index (χ2n) is 6.39. The van der Waals surface area contributed by atoms with Gasteiger partial charge in [-0.05, 0) is 53.5 Å². The van der Waals surface area contributed by atoms with E-state index in [1.54, 1.807) is 4.68 Å². The highest BCUT2D eigenvalue weighted by molar-refractivity contribution is 6.31. The number of aromatic nitrogens is 5. The number of amides is 1. The van der Waals surface area contributed by atoms with E-state index in [4.69, 9.17) is 11.6 Å². The maximum absolute atomic E-state index is 12.5. The van der Waals surface area contributed by atoms with Crippen LogP contribution in [-0.2, 0) is 24.2 Å². The molecule has 7 nitrogen and oxygen atoms in total. The summed E-state index contributed by atoms with van der Waals surface area (Å²) >= 11 is 6.08. The average molecular weight is 359 g/mol. The predicted octanol–water partition coefficient (Wildman–Crippen LogP) is 2.12. The number of carbonyl (C=O) groups excluding carboxylic acids is 1. The number of aryl methyl sites for hydroxylation is 2. The second-order valence-corrected chi connectivity index (χ2v) is 6.82. The molecule has 0 spiro atoms. The Morgan fingerprint density at radius 2 is 2.32 bits per heavy atom. The van der Waals surface area contributed by atoms with Gasteiger partial charge in [-0.15, -0.1) is 5.10 Å². The van der Waals surface area contributed by atoms with E-state index in [0.29, 0.717) is 13.1 Å². The zero-order valence-electron chi connectivity index (χ0n) is 13.7. The van der Waals surface area contributed by atoms with Gasteiger partial charge < -0.3 is 10.3 Å². The first kappa shape index (κ1) is 16.1. The van der Waals surface area contributed by atoms with Crippen molar-refractivity contribution in [3.8, 4) is 0 Å². The van der Waals surface area contributed by atoms with Crippen molar-refractivity contribution in [2.45, 2.75) is 32.2 Å². The highest BCUT2D eigenvalue weighted by Gasteiger charge is 2.23. The molecule has 2 aromatic heterocycles. The molecule has 3 heterocycles. The number of aromatic amines is 1. The van der Waals surface area contributed by atoms with Crippen molar-refractivity contribution < 1.29 is 4.79 Å². The summed E-state index contributed by atoms with van der Waals surface area (Å²) in [5.74, 6) is 0.975. The number of carbonyl (C=O) groups is 1. The van der Waals surface area contributed by atoms with E-state index in [0.717, 1.165) is 53.0 Å². The average Bonchev–Trinajstić information content (AvgIpc) is 3.17. The number of nitrogens with one attached hydrogen (secondary N) is 2. The van der Waals surface area contributed by atoms with E-state index < -0.39 is 0 Å². The maximum Gasteiger partial charge on any atom is 0.223 e. The summed E-state index contributed by atoms with van der Waals surface area (Å²) in [4.78, 5) is 15.7. The van der Waals surface area contributed by atoms with Crippen LogP contribution in [0.25, 0.3) is 10.9 Å². The Hall–Kier alpha value is -2.41. The molecule has 8 heteroatoms. The standard InChI is InChI=1S/C17H19ClN6O/c18-13-2-3-15-14(9-13)12(10-20-15)5-7-19-17(25)11-1-4-16-21-22-23-24(16)8-6-11/h2-3,9-11,20H,1,4-8H2,(H,19,25). The zero-order valence-corrected chi connectivity index (χ0v) is 14.5. The van der Waals surface area contributed by atoms with Crippen LogP contribution in [0.4, 0.5) is 0 Å². The van der Waals surface area contributed by atoms with Gasteiger partial charge in [0, 0.05) is 47.6 Å². The number of fused-ring (bicyclic) bond motifs is 2. The van der Waals surface area contributed by atoms with Gasteiger partial charge in [0.25, 0.3) is 0 Å². The molecule has 1 aliphatic rings. The van der Waals surface area contributed by atoms with Gasteiger partial charge in [-0.3, -0.25) is 4.79 Å². The first-order chi connectivity index (χ1) is 12.2. The van der Waals surface area contributed by atoms with Crippen molar-refractivity contribution in [2.75, 3.05) is 6.54 Å². The number of tetrazole rings is 1. The van der Waals surface area contributed by atoms with Crippen molar-refractivity contribution in [3.05, 3.63) is 40.8 Å². The molecule has 0 saturated heterocycles.